The van der Waals surface area contributed by atoms with Gasteiger partial charge in [0.15, 0.2) is 0 Å². The molecule has 0 aliphatic carbocycles. The van der Waals surface area contributed by atoms with Gasteiger partial charge in [0, 0.05) is 12.5 Å². The van der Waals surface area contributed by atoms with Crippen LogP contribution in [0.4, 0.5) is 0 Å². The lowest BCUT2D eigenvalue weighted by atomic mass is 9.95. The van der Waals surface area contributed by atoms with Gasteiger partial charge in [-0.3, -0.25) is 4.79 Å². The van der Waals surface area contributed by atoms with Crippen LogP contribution in [0.1, 0.15) is 52.9 Å². The molecule has 2 N–H and O–H groups in total. The van der Waals surface area contributed by atoms with Gasteiger partial charge in [-0.05, 0) is 57.5 Å². The van der Waals surface area contributed by atoms with Gasteiger partial charge in [-0.2, -0.15) is 0 Å². The van der Waals surface area contributed by atoms with Crippen molar-refractivity contribution < 1.29 is 4.79 Å². The van der Waals surface area contributed by atoms with E-state index in [2.05, 4.69) is 31.4 Å². The second kappa shape index (κ2) is 7.70. The summed E-state index contributed by atoms with van der Waals surface area (Å²) in [4.78, 5) is 11.8. The molecule has 1 rings (SSSR count). The van der Waals surface area contributed by atoms with Crippen LogP contribution in [-0.4, -0.2) is 25.0 Å². The van der Waals surface area contributed by atoms with E-state index < -0.39 is 0 Å². The van der Waals surface area contributed by atoms with Crippen molar-refractivity contribution in [3.8, 4) is 0 Å². The highest BCUT2D eigenvalue weighted by Gasteiger charge is 2.17. The maximum atomic E-state index is 11.8. The number of carbonyl (C=O) groups excluding carboxylic acids is 1. The van der Waals surface area contributed by atoms with E-state index in [0.717, 1.165) is 25.4 Å². The molecule has 0 aromatic heterocycles. The minimum Gasteiger partial charge on any atom is -0.354 e. The van der Waals surface area contributed by atoms with Gasteiger partial charge in [0.25, 0.3) is 0 Å². The van der Waals surface area contributed by atoms with Crippen molar-refractivity contribution in [1.82, 2.24) is 10.6 Å². The summed E-state index contributed by atoms with van der Waals surface area (Å²) in [6, 6.07) is 0.321. The van der Waals surface area contributed by atoms with E-state index in [9.17, 15) is 4.79 Å². The van der Waals surface area contributed by atoms with E-state index in [4.69, 9.17) is 0 Å². The molecule has 17 heavy (non-hydrogen) atoms. The summed E-state index contributed by atoms with van der Waals surface area (Å²) in [5.74, 6) is 1.49. The van der Waals surface area contributed by atoms with Crippen LogP contribution in [0.2, 0.25) is 0 Å². The quantitative estimate of drug-likeness (QED) is 0.748. The first kappa shape index (κ1) is 14.5. The third kappa shape index (κ3) is 6.67. The molecular formula is C14H28N2O. The first-order valence-electron chi connectivity index (χ1n) is 7.08. The van der Waals surface area contributed by atoms with Gasteiger partial charge in [0.1, 0.15) is 0 Å². The molecule has 0 saturated carbocycles. The molecule has 1 saturated heterocycles. The lowest BCUT2D eigenvalue weighted by Crippen LogP contribution is -2.37. The zero-order chi connectivity index (χ0) is 12.7. The van der Waals surface area contributed by atoms with E-state index in [-0.39, 0.29) is 5.91 Å². The summed E-state index contributed by atoms with van der Waals surface area (Å²) in [5, 5.41) is 6.47. The third-order valence-corrected chi connectivity index (χ3v) is 3.46. The molecular weight excluding hydrogens is 212 g/mol. The number of hydrogen-bond acceptors (Lipinski definition) is 2. The number of hydrogen-bond donors (Lipinski definition) is 2. The maximum absolute atomic E-state index is 11.8. The Balaban J connectivity index is 2.14. The number of piperidine rings is 1. The van der Waals surface area contributed by atoms with Crippen LogP contribution in [-0.2, 0) is 4.79 Å². The highest BCUT2D eigenvalue weighted by molar-refractivity contribution is 5.76. The standard InChI is InChI=1S/C14H28N2O/c1-11(2)6-7-12(3)16-14(17)9-13-5-4-8-15-10-13/h11-13,15H,4-10H2,1-3H3,(H,16,17). The number of rotatable bonds is 6. The van der Waals surface area contributed by atoms with Gasteiger partial charge in [-0.25, -0.2) is 0 Å². The molecule has 0 aromatic rings. The molecule has 2 atom stereocenters. The molecule has 1 aliphatic heterocycles. The minimum atomic E-state index is 0.231. The predicted molar refractivity (Wildman–Crippen MR) is 71.9 cm³/mol. The fourth-order valence-corrected chi connectivity index (χ4v) is 2.35. The summed E-state index contributed by atoms with van der Waals surface area (Å²) in [6.45, 7) is 8.68. The molecule has 0 aromatic carbocycles. The molecule has 3 heteroatoms. The van der Waals surface area contributed by atoms with Crippen LogP contribution in [0.15, 0.2) is 0 Å². The largest absolute Gasteiger partial charge is 0.354 e. The van der Waals surface area contributed by atoms with Gasteiger partial charge < -0.3 is 10.6 Å². The van der Waals surface area contributed by atoms with E-state index in [1.54, 1.807) is 0 Å². The monoisotopic (exact) mass is 240 g/mol. The average molecular weight is 240 g/mol. The molecule has 3 nitrogen and oxygen atoms in total. The number of nitrogens with one attached hydrogen (secondary N) is 2. The molecule has 1 fully saturated rings. The number of amides is 1. The van der Waals surface area contributed by atoms with Crippen LogP contribution >= 0.6 is 0 Å². The summed E-state index contributed by atoms with van der Waals surface area (Å²) in [6.07, 6.45) is 5.37. The van der Waals surface area contributed by atoms with Gasteiger partial charge in [-0.1, -0.05) is 13.8 Å². The Bertz CT molecular complexity index is 222. The van der Waals surface area contributed by atoms with Crippen molar-refractivity contribution in [3.05, 3.63) is 0 Å². The van der Waals surface area contributed by atoms with Crippen molar-refractivity contribution in [2.45, 2.75) is 58.9 Å². The minimum absolute atomic E-state index is 0.231. The van der Waals surface area contributed by atoms with Gasteiger partial charge in [0.05, 0.1) is 0 Å². The van der Waals surface area contributed by atoms with Crippen LogP contribution in [0.5, 0.6) is 0 Å². The van der Waals surface area contributed by atoms with Crippen molar-refractivity contribution in [2.75, 3.05) is 13.1 Å². The third-order valence-electron chi connectivity index (χ3n) is 3.46. The van der Waals surface area contributed by atoms with E-state index in [1.165, 1.54) is 19.3 Å². The van der Waals surface area contributed by atoms with Gasteiger partial charge in [0.2, 0.25) is 5.91 Å². The van der Waals surface area contributed by atoms with Crippen LogP contribution in [0.25, 0.3) is 0 Å². The average Bonchev–Trinajstić information content (AvgIpc) is 2.27. The SMILES string of the molecule is CC(C)CCC(C)NC(=O)CC1CCCNC1. The van der Waals surface area contributed by atoms with Crippen LogP contribution in [0, 0.1) is 11.8 Å². The van der Waals surface area contributed by atoms with Crippen molar-refractivity contribution in [3.63, 3.8) is 0 Å². The summed E-state index contributed by atoms with van der Waals surface area (Å²) >= 11 is 0. The molecule has 0 radical (unpaired) electrons. The first-order chi connectivity index (χ1) is 8.08. The highest BCUT2D eigenvalue weighted by Crippen LogP contribution is 2.14. The topological polar surface area (TPSA) is 41.1 Å². The second-order valence-electron chi connectivity index (χ2n) is 5.86. The zero-order valence-corrected chi connectivity index (χ0v) is 11.6. The lowest BCUT2D eigenvalue weighted by Gasteiger charge is -2.23. The summed E-state index contributed by atoms with van der Waals surface area (Å²) < 4.78 is 0. The Morgan fingerprint density at radius 1 is 1.35 bits per heavy atom. The van der Waals surface area contributed by atoms with Crippen molar-refractivity contribution >= 4 is 5.91 Å². The van der Waals surface area contributed by atoms with Crippen molar-refractivity contribution in [1.29, 1.82) is 0 Å². The Kier molecular flexibility index (Phi) is 6.56. The molecule has 0 spiro atoms. The van der Waals surface area contributed by atoms with Crippen molar-refractivity contribution in [2.24, 2.45) is 11.8 Å². The molecule has 0 bridgehead atoms. The second-order valence-corrected chi connectivity index (χ2v) is 5.86. The molecule has 100 valence electrons. The fraction of sp³-hybridized carbons (Fsp3) is 0.929. The first-order valence-corrected chi connectivity index (χ1v) is 7.08. The lowest BCUT2D eigenvalue weighted by molar-refractivity contribution is -0.122. The van der Waals surface area contributed by atoms with Gasteiger partial charge in [-0.15, -0.1) is 0 Å². The predicted octanol–water partition coefficient (Wildman–Crippen LogP) is 2.32. The van der Waals surface area contributed by atoms with Crippen LogP contribution in [0.3, 0.4) is 0 Å². The van der Waals surface area contributed by atoms with Gasteiger partial charge >= 0.3 is 0 Å². The highest BCUT2D eigenvalue weighted by atomic mass is 16.1. The maximum Gasteiger partial charge on any atom is 0.220 e. The smallest absolute Gasteiger partial charge is 0.220 e. The van der Waals surface area contributed by atoms with Crippen LogP contribution < -0.4 is 10.6 Å². The molecule has 2 unspecified atom stereocenters. The van der Waals surface area contributed by atoms with E-state index >= 15 is 0 Å². The normalized spacial score (nSPS) is 22.5. The molecule has 1 amide bonds. The Labute approximate surface area is 106 Å². The van der Waals surface area contributed by atoms with E-state index in [0.29, 0.717) is 18.4 Å². The molecule has 1 aliphatic rings. The summed E-state index contributed by atoms with van der Waals surface area (Å²) in [7, 11) is 0. The summed E-state index contributed by atoms with van der Waals surface area (Å²) in [5.41, 5.74) is 0. The van der Waals surface area contributed by atoms with E-state index in [1.807, 2.05) is 0 Å². The number of carbonyl (C=O) groups is 1. The molecule has 1 heterocycles. The Morgan fingerprint density at radius 3 is 2.71 bits per heavy atom. The Morgan fingerprint density at radius 2 is 2.12 bits per heavy atom. The zero-order valence-electron chi connectivity index (χ0n) is 11.6. The fourth-order valence-electron chi connectivity index (χ4n) is 2.35. The Hall–Kier alpha value is -0.570.